The van der Waals surface area contributed by atoms with E-state index in [-0.39, 0.29) is 12.8 Å². The van der Waals surface area contributed by atoms with E-state index in [1.54, 1.807) is 12.1 Å². The third-order valence-electron chi connectivity index (χ3n) is 4.01. The van der Waals surface area contributed by atoms with E-state index >= 15 is 0 Å². The van der Waals surface area contributed by atoms with Crippen LogP contribution in [0.3, 0.4) is 0 Å². The summed E-state index contributed by atoms with van der Waals surface area (Å²) >= 11 is 0. The van der Waals surface area contributed by atoms with Crippen molar-refractivity contribution in [1.82, 2.24) is 0 Å². The van der Waals surface area contributed by atoms with Gasteiger partial charge in [0.15, 0.2) is 0 Å². The number of methoxy groups -OCH3 is 1. The summed E-state index contributed by atoms with van der Waals surface area (Å²) in [6, 6.07) is 3.34. The van der Waals surface area contributed by atoms with Crippen LogP contribution in [0.1, 0.15) is 28.8 Å². The summed E-state index contributed by atoms with van der Waals surface area (Å²) in [4.78, 5) is 12.9. The van der Waals surface area contributed by atoms with Crippen LogP contribution in [0.25, 0.3) is 0 Å². The molecule has 21 heavy (non-hydrogen) atoms. The average Bonchev–Trinajstić information content (AvgIpc) is 2.47. The second-order valence-electron chi connectivity index (χ2n) is 5.29. The van der Waals surface area contributed by atoms with Gasteiger partial charge < -0.3 is 9.64 Å². The Balaban J connectivity index is 2.22. The summed E-state index contributed by atoms with van der Waals surface area (Å²) in [6.45, 7) is 2.51. The molecule has 6 heteroatoms. The van der Waals surface area contributed by atoms with Gasteiger partial charge in [-0.2, -0.15) is 13.2 Å². The van der Waals surface area contributed by atoms with Crippen LogP contribution < -0.4 is 9.64 Å². The summed E-state index contributed by atoms with van der Waals surface area (Å²) < 4.78 is 43.3. The van der Waals surface area contributed by atoms with E-state index in [1.807, 2.05) is 11.8 Å². The highest BCUT2D eigenvalue weighted by Gasteiger charge is 2.41. The lowest BCUT2D eigenvalue weighted by Gasteiger charge is -2.35. The number of anilines is 1. The number of aldehydes is 1. The zero-order valence-corrected chi connectivity index (χ0v) is 12.0. The molecule has 1 saturated heterocycles. The molecule has 3 nitrogen and oxygen atoms in total. The van der Waals surface area contributed by atoms with E-state index in [1.165, 1.54) is 7.11 Å². The number of hydrogen-bond acceptors (Lipinski definition) is 3. The molecule has 0 amide bonds. The van der Waals surface area contributed by atoms with Crippen molar-refractivity contribution in [3.63, 3.8) is 0 Å². The number of benzene rings is 1. The van der Waals surface area contributed by atoms with Crippen LogP contribution in [0.15, 0.2) is 12.1 Å². The smallest absolute Gasteiger partial charge is 0.391 e. The van der Waals surface area contributed by atoms with Gasteiger partial charge in [-0.25, -0.2) is 0 Å². The molecule has 0 aliphatic carbocycles. The van der Waals surface area contributed by atoms with Crippen molar-refractivity contribution < 1.29 is 22.7 Å². The lowest BCUT2D eigenvalue weighted by Crippen LogP contribution is -2.39. The topological polar surface area (TPSA) is 29.5 Å². The zero-order valence-electron chi connectivity index (χ0n) is 12.0. The Kier molecular flexibility index (Phi) is 4.44. The van der Waals surface area contributed by atoms with E-state index in [0.717, 1.165) is 11.3 Å². The third-order valence-corrected chi connectivity index (χ3v) is 4.01. The summed E-state index contributed by atoms with van der Waals surface area (Å²) in [5.41, 5.74) is 2.08. The molecule has 0 bridgehead atoms. The Morgan fingerprint density at radius 1 is 1.29 bits per heavy atom. The number of hydrogen-bond donors (Lipinski definition) is 0. The molecule has 1 aliphatic rings. The van der Waals surface area contributed by atoms with Crippen LogP contribution in [0.5, 0.6) is 5.75 Å². The molecule has 1 aromatic carbocycles. The van der Waals surface area contributed by atoms with Gasteiger partial charge in [-0.3, -0.25) is 4.79 Å². The molecule has 0 saturated carbocycles. The second-order valence-corrected chi connectivity index (χ2v) is 5.29. The molecular weight excluding hydrogens is 283 g/mol. The predicted molar refractivity (Wildman–Crippen MR) is 74.1 cm³/mol. The van der Waals surface area contributed by atoms with Gasteiger partial charge in [0.2, 0.25) is 0 Å². The molecule has 1 aliphatic heterocycles. The number of halogens is 3. The quantitative estimate of drug-likeness (QED) is 0.799. The zero-order chi connectivity index (χ0) is 15.6. The van der Waals surface area contributed by atoms with Crippen molar-refractivity contribution in [2.24, 2.45) is 5.92 Å². The fourth-order valence-electron chi connectivity index (χ4n) is 2.75. The van der Waals surface area contributed by atoms with Gasteiger partial charge in [-0.15, -0.1) is 0 Å². The van der Waals surface area contributed by atoms with Crippen LogP contribution in [0, 0.1) is 12.8 Å². The predicted octanol–water partition coefficient (Wildman–Crippen LogP) is 3.59. The molecule has 2 rings (SSSR count). The molecule has 0 atom stereocenters. The Morgan fingerprint density at radius 3 is 2.38 bits per heavy atom. The van der Waals surface area contributed by atoms with Crippen LogP contribution in [0.2, 0.25) is 0 Å². The van der Waals surface area contributed by atoms with Crippen molar-refractivity contribution in [3.8, 4) is 5.75 Å². The summed E-state index contributed by atoms with van der Waals surface area (Å²) in [5.74, 6) is -0.655. The van der Waals surface area contributed by atoms with Gasteiger partial charge in [0.25, 0.3) is 0 Å². The van der Waals surface area contributed by atoms with E-state index in [9.17, 15) is 18.0 Å². The number of alkyl halides is 3. The molecule has 1 heterocycles. The van der Waals surface area contributed by atoms with Crippen LogP contribution in [-0.4, -0.2) is 32.7 Å². The van der Waals surface area contributed by atoms with Crippen molar-refractivity contribution in [1.29, 1.82) is 0 Å². The van der Waals surface area contributed by atoms with Crippen LogP contribution in [0.4, 0.5) is 18.9 Å². The van der Waals surface area contributed by atoms with Gasteiger partial charge in [0.1, 0.15) is 12.0 Å². The molecule has 1 aromatic rings. The third kappa shape index (κ3) is 3.31. The first kappa shape index (κ1) is 15.7. The lowest BCUT2D eigenvalue weighted by molar-refractivity contribution is -0.179. The van der Waals surface area contributed by atoms with Gasteiger partial charge in [-0.1, -0.05) is 0 Å². The minimum atomic E-state index is -4.12. The summed E-state index contributed by atoms with van der Waals surface area (Å²) in [6.07, 6.45) is -3.25. The number of piperidine rings is 1. The number of nitrogens with zero attached hydrogens (tertiary/aromatic N) is 1. The first-order chi connectivity index (χ1) is 9.86. The maximum absolute atomic E-state index is 12.7. The van der Waals surface area contributed by atoms with Crippen molar-refractivity contribution >= 4 is 12.0 Å². The van der Waals surface area contributed by atoms with Gasteiger partial charge in [0.05, 0.1) is 13.0 Å². The number of ether oxygens (including phenoxy) is 1. The number of carbonyl (C=O) groups is 1. The van der Waals surface area contributed by atoms with E-state index < -0.39 is 12.1 Å². The van der Waals surface area contributed by atoms with E-state index in [2.05, 4.69) is 0 Å². The lowest BCUT2D eigenvalue weighted by atomic mass is 9.95. The minimum Gasteiger partial charge on any atom is -0.496 e. The Labute approximate surface area is 121 Å². The minimum absolute atomic E-state index is 0.0799. The largest absolute Gasteiger partial charge is 0.496 e. The van der Waals surface area contributed by atoms with Crippen molar-refractivity contribution in [2.75, 3.05) is 25.1 Å². The van der Waals surface area contributed by atoms with Crippen LogP contribution in [-0.2, 0) is 0 Å². The highest BCUT2D eigenvalue weighted by Crippen LogP contribution is 2.37. The molecule has 0 spiro atoms. The Hall–Kier alpha value is -1.72. The normalized spacial score (nSPS) is 16.9. The van der Waals surface area contributed by atoms with Crippen molar-refractivity contribution in [2.45, 2.75) is 25.9 Å². The summed E-state index contributed by atoms with van der Waals surface area (Å²) in [5, 5.41) is 0. The van der Waals surface area contributed by atoms with Crippen molar-refractivity contribution in [3.05, 3.63) is 23.3 Å². The van der Waals surface area contributed by atoms with Crippen LogP contribution >= 0.6 is 0 Å². The highest BCUT2D eigenvalue weighted by atomic mass is 19.4. The van der Waals surface area contributed by atoms with Gasteiger partial charge >= 0.3 is 6.18 Å². The Morgan fingerprint density at radius 2 is 1.90 bits per heavy atom. The van der Waals surface area contributed by atoms with E-state index in [0.29, 0.717) is 30.7 Å². The standard InChI is InChI=1S/C15H18F3NO2/c1-10-13(7-11(9-20)8-14(10)21-2)19-5-3-12(4-6-19)15(16,17)18/h7-9,12H,3-6H2,1-2H3. The fraction of sp³-hybridized carbons (Fsp3) is 0.533. The number of carbonyl (C=O) groups excluding carboxylic acids is 1. The Bertz CT molecular complexity index is 520. The van der Waals surface area contributed by atoms with Gasteiger partial charge in [0, 0.05) is 29.9 Å². The number of rotatable bonds is 3. The molecular formula is C15H18F3NO2. The molecule has 116 valence electrons. The highest BCUT2D eigenvalue weighted by molar-refractivity contribution is 5.80. The average molecular weight is 301 g/mol. The van der Waals surface area contributed by atoms with Gasteiger partial charge in [-0.05, 0) is 31.9 Å². The first-order valence-electron chi connectivity index (χ1n) is 6.82. The first-order valence-corrected chi connectivity index (χ1v) is 6.82. The molecule has 0 aromatic heterocycles. The maximum atomic E-state index is 12.7. The van der Waals surface area contributed by atoms with E-state index in [4.69, 9.17) is 4.74 Å². The molecule has 0 N–H and O–H groups in total. The fourth-order valence-corrected chi connectivity index (χ4v) is 2.75. The SMILES string of the molecule is COc1cc(C=O)cc(N2CCC(C(F)(F)F)CC2)c1C. The molecule has 0 unspecified atom stereocenters. The monoisotopic (exact) mass is 301 g/mol. The molecule has 0 radical (unpaired) electrons. The molecule has 1 fully saturated rings. The maximum Gasteiger partial charge on any atom is 0.391 e. The summed E-state index contributed by atoms with van der Waals surface area (Å²) in [7, 11) is 1.51. The second kappa shape index (κ2) is 5.95.